The zero-order valence-corrected chi connectivity index (χ0v) is 15.5. The lowest BCUT2D eigenvalue weighted by Crippen LogP contribution is -2.26. The molecule has 2 rings (SSSR count). The predicted octanol–water partition coefficient (Wildman–Crippen LogP) is 3.70. The Morgan fingerprint density at radius 2 is 1.61 bits per heavy atom. The van der Waals surface area contributed by atoms with Crippen molar-refractivity contribution in [3.63, 3.8) is 0 Å². The fourth-order valence-corrected chi connectivity index (χ4v) is 3.61. The molecule has 1 aromatic rings. The number of aromatic hydroxyl groups is 1. The minimum atomic E-state index is -0.271. The van der Waals surface area contributed by atoms with E-state index in [-0.39, 0.29) is 27.2 Å². The second-order valence-electron chi connectivity index (χ2n) is 8.17. The molecule has 1 atom stereocenters. The Morgan fingerprint density at radius 1 is 1.13 bits per heavy atom. The summed E-state index contributed by atoms with van der Waals surface area (Å²) in [6.07, 6.45) is 0.561. The molecule has 126 valence electrons. The fraction of sp³-hybridized carbons (Fsp3) is 0.556. The first kappa shape index (κ1) is 17.9. The third kappa shape index (κ3) is 3.89. The second-order valence-corrected chi connectivity index (χ2v) is 9.38. The van der Waals surface area contributed by atoms with Gasteiger partial charge in [0, 0.05) is 0 Å². The van der Waals surface area contributed by atoms with Gasteiger partial charge in [-0.3, -0.25) is 10.2 Å². The van der Waals surface area contributed by atoms with Crippen LogP contribution in [0.4, 0.5) is 0 Å². The van der Waals surface area contributed by atoms with Crippen molar-refractivity contribution >= 4 is 22.8 Å². The molecule has 1 saturated heterocycles. The van der Waals surface area contributed by atoms with Crippen LogP contribution in [0.15, 0.2) is 12.1 Å². The number of hydrogen-bond donors (Lipinski definition) is 3. The third-order valence-corrected chi connectivity index (χ3v) is 5.00. The Labute approximate surface area is 142 Å². The molecule has 0 saturated carbocycles. The number of thioether (sulfide) groups is 1. The van der Waals surface area contributed by atoms with Crippen molar-refractivity contribution in [1.82, 2.24) is 5.32 Å². The molecule has 4 nitrogen and oxygen atoms in total. The molecule has 0 aliphatic carbocycles. The molecule has 0 spiro atoms. The summed E-state index contributed by atoms with van der Waals surface area (Å²) in [6, 6.07) is 4.00. The normalized spacial score (nSPS) is 19.1. The summed E-state index contributed by atoms with van der Waals surface area (Å²) in [5, 5.41) is 20.8. The molecule has 5 heteroatoms. The van der Waals surface area contributed by atoms with Crippen LogP contribution >= 0.6 is 11.8 Å². The molecule has 1 heterocycles. The fourth-order valence-electron chi connectivity index (χ4n) is 2.72. The van der Waals surface area contributed by atoms with Crippen molar-refractivity contribution in [3.8, 4) is 5.75 Å². The van der Waals surface area contributed by atoms with Gasteiger partial charge in [0.15, 0.2) is 5.17 Å². The minimum Gasteiger partial charge on any atom is -0.507 e. The zero-order chi connectivity index (χ0) is 17.6. The van der Waals surface area contributed by atoms with Crippen LogP contribution < -0.4 is 5.32 Å². The zero-order valence-electron chi connectivity index (χ0n) is 14.7. The quantitative estimate of drug-likeness (QED) is 0.772. The van der Waals surface area contributed by atoms with E-state index in [1.165, 1.54) is 11.8 Å². The molecule has 23 heavy (non-hydrogen) atoms. The van der Waals surface area contributed by atoms with E-state index in [1.54, 1.807) is 0 Å². The average Bonchev–Trinajstić information content (AvgIpc) is 2.67. The Balaban J connectivity index is 2.48. The second kappa shape index (κ2) is 5.86. The Morgan fingerprint density at radius 3 is 1.96 bits per heavy atom. The lowest BCUT2D eigenvalue weighted by atomic mass is 9.78. The van der Waals surface area contributed by atoms with Crippen LogP contribution in [-0.2, 0) is 22.0 Å². The van der Waals surface area contributed by atoms with Crippen molar-refractivity contribution in [2.45, 2.75) is 64.0 Å². The summed E-state index contributed by atoms with van der Waals surface area (Å²) in [5.41, 5.74) is 2.47. The van der Waals surface area contributed by atoms with Crippen LogP contribution in [0, 0.1) is 5.41 Å². The van der Waals surface area contributed by atoms with E-state index in [2.05, 4.69) is 46.9 Å². The molecule has 1 aliphatic rings. The van der Waals surface area contributed by atoms with E-state index in [0.717, 1.165) is 16.7 Å². The van der Waals surface area contributed by atoms with Gasteiger partial charge in [0.05, 0.1) is 5.25 Å². The number of phenols is 1. The Bertz CT molecular complexity index is 619. The van der Waals surface area contributed by atoms with Gasteiger partial charge in [-0.15, -0.1) is 0 Å². The van der Waals surface area contributed by atoms with E-state index >= 15 is 0 Å². The molecule has 1 aromatic carbocycles. The van der Waals surface area contributed by atoms with E-state index in [1.807, 2.05) is 12.1 Å². The molecule has 0 bridgehead atoms. The smallest absolute Gasteiger partial charge is 0.239 e. The number of amides is 1. The minimum absolute atomic E-state index is 0.109. The first-order valence-corrected chi connectivity index (χ1v) is 8.70. The number of hydrogen-bond acceptors (Lipinski definition) is 4. The summed E-state index contributed by atoms with van der Waals surface area (Å²) < 4.78 is 0. The van der Waals surface area contributed by atoms with Gasteiger partial charge < -0.3 is 10.4 Å². The van der Waals surface area contributed by atoms with Crippen LogP contribution in [0.3, 0.4) is 0 Å². The maximum atomic E-state index is 11.9. The lowest BCUT2D eigenvalue weighted by Gasteiger charge is -2.28. The molecule has 0 aromatic heterocycles. The monoisotopic (exact) mass is 334 g/mol. The van der Waals surface area contributed by atoms with Crippen molar-refractivity contribution < 1.29 is 9.90 Å². The number of benzene rings is 1. The first-order chi connectivity index (χ1) is 10.4. The van der Waals surface area contributed by atoms with Crippen LogP contribution in [0.1, 0.15) is 58.2 Å². The van der Waals surface area contributed by atoms with Gasteiger partial charge in [0.1, 0.15) is 5.75 Å². The van der Waals surface area contributed by atoms with Gasteiger partial charge >= 0.3 is 0 Å². The van der Waals surface area contributed by atoms with Gasteiger partial charge in [0.25, 0.3) is 0 Å². The highest BCUT2D eigenvalue weighted by Crippen LogP contribution is 2.40. The number of amidine groups is 1. The highest BCUT2D eigenvalue weighted by Gasteiger charge is 2.31. The van der Waals surface area contributed by atoms with Crippen LogP contribution in [0.25, 0.3) is 0 Å². The predicted molar refractivity (Wildman–Crippen MR) is 96.5 cm³/mol. The van der Waals surface area contributed by atoms with Crippen molar-refractivity contribution in [2.24, 2.45) is 0 Å². The summed E-state index contributed by atoms with van der Waals surface area (Å²) in [4.78, 5) is 11.9. The number of carbonyl (C=O) groups is 1. The molecule has 1 amide bonds. The van der Waals surface area contributed by atoms with Crippen molar-refractivity contribution in [3.05, 3.63) is 28.8 Å². The van der Waals surface area contributed by atoms with Gasteiger partial charge in [-0.25, -0.2) is 0 Å². The van der Waals surface area contributed by atoms with E-state index < -0.39 is 0 Å². The summed E-state index contributed by atoms with van der Waals surface area (Å²) in [7, 11) is 0. The number of phenolic OH excluding ortho intramolecular Hbond substituents is 1. The summed E-state index contributed by atoms with van der Waals surface area (Å²) in [6.45, 7) is 12.4. The third-order valence-electron chi connectivity index (χ3n) is 4.00. The van der Waals surface area contributed by atoms with Crippen LogP contribution in [-0.4, -0.2) is 21.4 Å². The van der Waals surface area contributed by atoms with Crippen molar-refractivity contribution in [1.29, 1.82) is 5.41 Å². The van der Waals surface area contributed by atoms with E-state index in [0.29, 0.717) is 12.2 Å². The standard InChI is InChI=1S/C18H26N2O2S/c1-17(2,3)11-7-10(8-12(14(11)21)18(4,5)6)9-13-15(22)20-16(19)23-13/h7-8,13,21H,9H2,1-6H3,(H2,19,20,22). The molecule has 1 fully saturated rings. The maximum Gasteiger partial charge on any atom is 0.239 e. The largest absolute Gasteiger partial charge is 0.507 e. The number of rotatable bonds is 2. The van der Waals surface area contributed by atoms with Crippen LogP contribution in [0.2, 0.25) is 0 Å². The summed E-state index contributed by atoms with van der Waals surface area (Å²) in [5.74, 6) is 0.243. The van der Waals surface area contributed by atoms with E-state index in [4.69, 9.17) is 5.41 Å². The Kier molecular flexibility index (Phi) is 4.55. The molecule has 3 N–H and O–H groups in total. The van der Waals surface area contributed by atoms with Gasteiger partial charge in [-0.2, -0.15) is 0 Å². The first-order valence-electron chi connectivity index (χ1n) is 7.82. The topological polar surface area (TPSA) is 73.2 Å². The number of nitrogens with one attached hydrogen (secondary N) is 2. The summed E-state index contributed by atoms with van der Waals surface area (Å²) >= 11 is 1.26. The van der Waals surface area contributed by atoms with Crippen molar-refractivity contribution in [2.75, 3.05) is 0 Å². The number of carbonyl (C=O) groups excluding carboxylic acids is 1. The Hall–Kier alpha value is -1.49. The SMILES string of the molecule is CC(C)(C)c1cc(CC2SC(=N)NC2=O)cc(C(C)(C)C)c1O. The lowest BCUT2D eigenvalue weighted by molar-refractivity contribution is -0.118. The van der Waals surface area contributed by atoms with Crippen LogP contribution in [0.5, 0.6) is 5.75 Å². The van der Waals surface area contributed by atoms with Gasteiger partial charge in [0.2, 0.25) is 5.91 Å². The maximum absolute atomic E-state index is 11.9. The van der Waals surface area contributed by atoms with Gasteiger partial charge in [-0.1, -0.05) is 65.4 Å². The highest BCUT2D eigenvalue weighted by atomic mass is 32.2. The molecular weight excluding hydrogens is 308 g/mol. The van der Waals surface area contributed by atoms with Gasteiger partial charge in [-0.05, 0) is 33.9 Å². The average molecular weight is 334 g/mol. The van der Waals surface area contributed by atoms with E-state index in [9.17, 15) is 9.90 Å². The molecule has 1 unspecified atom stereocenters. The molecule has 0 radical (unpaired) electrons. The molecule has 1 aliphatic heterocycles. The molecular formula is C18H26N2O2S. The highest BCUT2D eigenvalue weighted by molar-refractivity contribution is 8.15.